The predicted octanol–water partition coefficient (Wildman–Crippen LogP) is 4.24. The summed E-state index contributed by atoms with van der Waals surface area (Å²) >= 11 is 0. The quantitative estimate of drug-likeness (QED) is 0.728. The van der Waals surface area contributed by atoms with Crippen molar-refractivity contribution in [1.82, 2.24) is 15.2 Å². The van der Waals surface area contributed by atoms with Gasteiger partial charge >= 0.3 is 6.03 Å². The van der Waals surface area contributed by atoms with Gasteiger partial charge < -0.3 is 19.9 Å². The fraction of sp³-hybridized carbons (Fsp3) is 0.318. The third-order valence-electron chi connectivity index (χ3n) is 5.25. The van der Waals surface area contributed by atoms with Crippen molar-refractivity contribution < 1.29 is 9.53 Å². The third-order valence-corrected chi connectivity index (χ3v) is 5.25. The number of hydrogen-bond acceptors (Lipinski definition) is 2. The Hall–Kier alpha value is -2.95. The molecule has 140 valence electrons. The minimum Gasteiger partial charge on any atom is -0.497 e. The first kappa shape index (κ1) is 17.5. The van der Waals surface area contributed by atoms with Gasteiger partial charge in [-0.05, 0) is 42.2 Å². The van der Waals surface area contributed by atoms with Gasteiger partial charge in [-0.2, -0.15) is 0 Å². The maximum atomic E-state index is 12.9. The molecule has 0 bridgehead atoms. The predicted molar refractivity (Wildman–Crippen MR) is 107 cm³/mol. The lowest BCUT2D eigenvalue weighted by Crippen LogP contribution is -2.46. The van der Waals surface area contributed by atoms with Crippen LogP contribution in [0.5, 0.6) is 5.75 Å². The summed E-state index contributed by atoms with van der Waals surface area (Å²) in [6.45, 7) is 3.44. The van der Waals surface area contributed by atoms with Gasteiger partial charge in [-0.15, -0.1) is 0 Å². The number of carbonyl (C=O) groups is 1. The van der Waals surface area contributed by atoms with E-state index in [1.165, 1.54) is 10.9 Å². The second kappa shape index (κ2) is 7.35. The highest BCUT2D eigenvalue weighted by Gasteiger charge is 2.34. The number of ether oxygens (including phenoxy) is 1. The van der Waals surface area contributed by atoms with Gasteiger partial charge in [0.2, 0.25) is 0 Å². The topological polar surface area (TPSA) is 57.4 Å². The lowest BCUT2D eigenvalue weighted by Gasteiger charge is -2.36. The number of rotatable bonds is 4. The third kappa shape index (κ3) is 3.14. The van der Waals surface area contributed by atoms with E-state index in [1.807, 2.05) is 35.2 Å². The number of aromatic amines is 1. The summed E-state index contributed by atoms with van der Waals surface area (Å²) in [6.07, 6.45) is 1.77. The lowest BCUT2D eigenvalue weighted by molar-refractivity contribution is 0.179. The van der Waals surface area contributed by atoms with Crippen LogP contribution in [0.2, 0.25) is 0 Å². The molecule has 0 unspecified atom stereocenters. The second-order valence-electron chi connectivity index (χ2n) is 6.91. The zero-order chi connectivity index (χ0) is 18.8. The molecule has 0 fully saturated rings. The van der Waals surface area contributed by atoms with E-state index in [2.05, 4.69) is 35.4 Å². The normalized spacial score (nSPS) is 16.2. The van der Waals surface area contributed by atoms with Crippen molar-refractivity contribution in [2.75, 3.05) is 20.2 Å². The maximum Gasteiger partial charge on any atom is 0.318 e. The molecule has 0 spiro atoms. The van der Waals surface area contributed by atoms with Gasteiger partial charge in [0, 0.05) is 29.7 Å². The first-order valence-corrected chi connectivity index (χ1v) is 9.50. The van der Waals surface area contributed by atoms with Crippen LogP contribution in [-0.4, -0.2) is 36.1 Å². The van der Waals surface area contributed by atoms with Crippen LogP contribution in [0.25, 0.3) is 10.9 Å². The summed E-state index contributed by atoms with van der Waals surface area (Å²) in [5.74, 6) is 0.813. The number of urea groups is 1. The molecule has 2 N–H and O–H groups in total. The van der Waals surface area contributed by atoms with Gasteiger partial charge in [0.15, 0.2) is 0 Å². The van der Waals surface area contributed by atoms with Crippen molar-refractivity contribution in [1.29, 1.82) is 0 Å². The number of H-pyrrole nitrogens is 1. The van der Waals surface area contributed by atoms with E-state index in [-0.39, 0.29) is 12.1 Å². The number of para-hydroxylation sites is 1. The Labute approximate surface area is 159 Å². The summed E-state index contributed by atoms with van der Waals surface area (Å²) in [6, 6.07) is 16.2. The molecule has 0 saturated heterocycles. The molecule has 0 radical (unpaired) electrons. The van der Waals surface area contributed by atoms with E-state index in [1.54, 1.807) is 7.11 Å². The number of hydrogen-bond donors (Lipinski definition) is 2. The van der Waals surface area contributed by atoms with Crippen LogP contribution < -0.4 is 10.1 Å². The van der Waals surface area contributed by atoms with Crippen LogP contribution in [0, 0.1) is 0 Å². The summed E-state index contributed by atoms with van der Waals surface area (Å²) in [7, 11) is 1.66. The van der Waals surface area contributed by atoms with Crippen molar-refractivity contribution in [2.45, 2.75) is 25.8 Å². The Bertz CT molecular complexity index is 946. The molecule has 5 heteroatoms. The van der Waals surface area contributed by atoms with Gasteiger partial charge in [0.25, 0.3) is 0 Å². The van der Waals surface area contributed by atoms with Crippen molar-refractivity contribution in [3.05, 3.63) is 65.4 Å². The van der Waals surface area contributed by atoms with Crippen LogP contribution in [0.4, 0.5) is 4.79 Å². The van der Waals surface area contributed by atoms with Gasteiger partial charge in [0.05, 0.1) is 13.2 Å². The molecule has 0 aliphatic carbocycles. The number of methoxy groups -OCH3 is 1. The Morgan fingerprint density at radius 3 is 2.74 bits per heavy atom. The SMILES string of the molecule is CCCNC(=O)N1CCc2c([nH]c3ccccc23)[C@@H]1c1ccc(OC)cc1. The molecule has 1 aliphatic heterocycles. The van der Waals surface area contributed by atoms with E-state index in [4.69, 9.17) is 4.74 Å². The molecule has 27 heavy (non-hydrogen) atoms. The smallest absolute Gasteiger partial charge is 0.318 e. The minimum absolute atomic E-state index is 0.0121. The van der Waals surface area contributed by atoms with E-state index in [0.717, 1.165) is 35.4 Å². The molecule has 1 aliphatic rings. The maximum absolute atomic E-state index is 12.9. The van der Waals surface area contributed by atoms with E-state index >= 15 is 0 Å². The average molecular weight is 363 g/mol. The van der Waals surface area contributed by atoms with E-state index in [9.17, 15) is 4.79 Å². The first-order valence-electron chi connectivity index (χ1n) is 9.50. The highest BCUT2D eigenvalue weighted by molar-refractivity contribution is 5.86. The fourth-order valence-electron chi connectivity index (χ4n) is 3.93. The number of amides is 2. The van der Waals surface area contributed by atoms with Gasteiger partial charge in [-0.25, -0.2) is 4.79 Å². The van der Waals surface area contributed by atoms with Gasteiger partial charge in [0.1, 0.15) is 5.75 Å². The highest BCUT2D eigenvalue weighted by atomic mass is 16.5. The van der Waals surface area contributed by atoms with Crippen molar-refractivity contribution in [3.8, 4) is 5.75 Å². The second-order valence-corrected chi connectivity index (χ2v) is 6.91. The van der Waals surface area contributed by atoms with Crippen molar-refractivity contribution in [3.63, 3.8) is 0 Å². The van der Waals surface area contributed by atoms with Crippen molar-refractivity contribution >= 4 is 16.9 Å². The summed E-state index contributed by atoms with van der Waals surface area (Å²) in [5, 5.41) is 4.29. The molecule has 2 heterocycles. The molecule has 2 amide bonds. The zero-order valence-corrected chi connectivity index (χ0v) is 15.8. The van der Waals surface area contributed by atoms with E-state index in [0.29, 0.717) is 13.1 Å². The molecular formula is C22H25N3O2. The van der Waals surface area contributed by atoms with Crippen LogP contribution in [0.3, 0.4) is 0 Å². The summed E-state index contributed by atoms with van der Waals surface area (Å²) in [4.78, 5) is 18.4. The fourth-order valence-corrected chi connectivity index (χ4v) is 3.93. The molecular weight excluding hydrogens is 338 g/mol. The van der Waals surface area contributed by atoms with Crippen LogP contribution in [0.15, 0.2) is 48.5 Å². The minimum atomic E-state index is -0.135. The molecule has 0 saturated carbocycles. The standard InChI is InChI=1S/C22H25N3O2/c1-3-13-23-22(26)25-14-12-18-17-6-4-5-7-19(17)24-20(18)21(25)15-8-10-16(27-2)11-9-15/h4-11,21,24H,3,12-14H2,1-2H3,(H,23,26)/t21-/m0/s1. The number of fused-ring (bicyclic) bond motifs is 3. The number of carbonyl (C=O) groups excluding carboxylic acids is 1. The van der Waals surface area contributed by atoms with Gasteiger partial charge in [-0.1, -0.05) is 37.3 Å². The van der Waals surface area contributed by atoms with Crippen LogP contribution in [0.1, 0.15) is 36.2 Å². The Morgan fingerprint density at radius 1 is 1.22 bits per heavy atom. The van der Waals surface area contributed by atoms with Crippen LogP contribution in [-0.2, 0) is 6.42 Å². The number of nitrogens with one attached hydrogen (secondary N) is 2. The van der Waals surface area contributed by atoms with Crippen LogP contribution >= 0.6 is 0 Å². The summed E-state index contributed by atoms with van der Waals surface area (Å²) in [5.41, 5.74) is 4.62. The largest absolute Gasteiger partial charge is 0.497 e. The van der Waals surface area contributed by atoms with Crippen molar-refractivity contribution in [2.24, 2.45) is 0 Å². The zero-order valence-electron chi connectivity index (χ0n) is 15.8. The van der Waals surface area contributed by atoms with Gasteiger partial charge in [-0.3, -0.25) is 0 Å². The Morgan fingerprint density at radius 2 is 2.00 bits per heavy atom. The number of nitrogens with zero attached hydrogens (tertiary/aromatic N) is 1. The molecule has 2 aromatic carbocycles. The molecule has 3 aromatic rings. The molecule has 1 atom stereocenters. The molecule has 5 nitrogen and oxygen atoms in total. The number of aromatic nitrogens is 1. The molecule has 1 aromatic heterocycles. The highest BCUT2D eigenvalue weighted by Crippen LogP contribution is 2.38. The Kier molecular flexibility index (Phi) is 4.75. The molecule has 4 rings (SSSR count). The number of benzene rings is 2. The monoisotopic (exact) mass is 363 g/mol. The average Bonchev–Trinajstić information content (AvgIpc) is 3.10. The lowest BCUT2D eigenvalue weighted by atomic mass is 9.92. The summed E-state index contributed by atoms with van der Waals surface area (Å²) < 4.78 is 5.30. The first-order chi connectivity index (χ1) is 13.2. The van der Waals surface area contributed by atoms with E-state index < -0.39 is 0 Å². The Balaban J connectivity index is 1.80.